The van der Waals surface area contributed by atoms with Crippen LogP contribution in [0.1, 0.15) is 40.5 Å². The Morgan fingerprint density at radius 3 is 1.46 bits per heavy atom. The minimum absolute atomic E-state index is 0. The van der Waals surface area contributed by atoms with Crippen molar-refractivity contribution in [1.29, 1.82) is 0 Å². The summed E-state index contributed by atoms with van der Waals surface area (Å²) in [4.78, 5) is 43.9. The van der Waals surface area contributed by atoms with Gasteiger partial charge in [0.05, 0.1) is 0 Å². The van der Waals surface area contributed by atoms with Crippen LogP contribution in [-0.2, 0) is 9.13 Å². The van der Waals surface area contributed by atoms with Crippen LogP contribution in [0.2, 0.25) is 0 Å². The van der Waals surface area contributed by atoms with Crippen LogP contribution < -0.4 is 138 Å². The van der Waals surface area contributed by atoms with Crippen molar-refractivity contribution in [1.82, 2.24) is 4.90 Å². The van der Waals surface area contributed by atoms with Crippen LogP contribution in [0.15, 0.2) is 0 Å². The quantitative estimate of drug-likeness (QED) is 0.282. The molecule has 0 aliphatic heterocycles. The average Bonchev–Trinajstić information content (AvgIpc) is 2.06. The summed E-state index contributed by atoms with van der Waals surface area (Å²) in [7, 11) is -9.76. The minimum atomic E-state index is -4.88. The molecule has 1 unspecified atom stereocenters. The summed E-state index contributed by atoms with van der Waals surface area (Å²) >= 11 is 0. The van der Waals surface area contributed by atoms with E-state index in [-0.39, 0.29) is 136 Å². The van der Waals surface area contributed by atoms with E-state index < -0.39 is 27.8 Å². The third-order valence-electron chi connectivity index (χ3n) is 2.65. The van der Waals surface area contributed by atoms with Crippen LogP contribution in [0.3, 0.4) is 0 Å². The van der Waals surface area contributed by atoms with Crippen molar-refractivity contribution < 1.29 is 147 Å². The molecule has 7 nitrogen and oxygen atoms in total. The molecule has 0 aliphatic carbocycles. The van der Waals surface area contributed by atoms with Crippen molar-refractivity contribution >= 4 is 15.2 Å². The van der Waals surface area contributed by atoms with E-state index in [1.807, 2.05) is 6.92 Å². The molecule has 0 saturated heterocycles. The van der Waals surface area contributed by atoms with Crippen LogP contribution in [0.4, 0.5) is 0 Å². The Kier molecular flexibility index (Phi) is 27.5. The standard InChI is InChI=1S/C11H27NO6P2.4Na/c1-10(7-11(2,3)4)5-6-12(8-19(13,14)15)9-20(16,17)18;;;;/h10H,5-9H2,1-4H3,(H2,13,14,15)(H2,16,17,18);;;;/q;4*+1/p-4. The first-order valence-corrected chi connectivity index (χ1v) is 9.88. The SMILES string of the molecule is CC(CCN(CP(=O)([O-])[O-])CP(=O)([O-])[O-])CC(C)(C)C.[Na+].[Na+].[Na+].[Na+]. The summed E-state index contributed by atoms with van der Waals surface area (Å²) in [6.45, 7) is 8.25. The summed E-state index contributed by atoms with van der Waals surface area (Å²) in [5.74, 6) is 0.230. The second-order valence-electron chi connectivity index (χ2n) is 6.56. The van der Waals surface area contributed by atoms with Gasteiger partial charge in [-0.25, -0.2) is 0 Å². The number of nitrogens with zero attached hydrogens (tertiary/aromatic N) is 1. The maximum atomic E-state index is 10.7. The summed E-state index contributed by atoms with van der Waals surface area (Å²) in [5.41, 5.74) is 0.100. The van der Waals surface area contributed by atoms with Gasteiger partial charge in [-0.2, -0.15) is 0 Å². The Bertz CT molecular complexity index is 374. The van der Waals surface area contributed by atoms with E-state index >= 15 is 0 Å². The van der Waals surface area contributed by atoms with E-state index in [1.165, 1.54) is 0 Å². The second kappa shape index (κ2) is 17.0. The molecule has 0 spiro atoms. The maximum Gasteiger partial charge on any atom is 1.00 e. The maximum absolute atomic E-state index is 10.7. The predicted octanol–water partition coefficient (Wildman–Crippen LogP) is -12.5. The first-order valence-electron chi connectivity index (χ1n) is 6.42. The van der Waals surface area contributed by atoms with Gasteiger partial charge in [0.2, 0.25) is 0 Å². The van der Waals surface area contributed by atoms with Crippen molar-refractivity contribution in [2.24, 2.45) is 11.3 Å². The molecule has 0 aromatic carbocycles. The Morgan fingerprint density at radius 2 is 1.21 bits per heavy atom. The molecule has 0 aromatic heterocycles. The van der Waals surface area contributed by atoms with Crippen molar-refractivity contribution in [3.05, 3.63) is 0 Å². The van der Waals surface area contributed by atoms with Crippen molar-refractivity contribution in [3.63, 3.8) is 0 Å². The van der Waals surface area contributed by atoms with Crippen molar-refractivity contribution in [3.8, 4) is 0 Å². The molecular weight excluding hydrogens is 396 g/mol. The summed E-state index contributed by atoms with van der Waals surface area (Å²) in [6, 6.07) is 0. The fraction of sp³-hybridized carbons (Fsp3) is 1.00. The largest absolute Gasteiger partial charge is 1.00 e. The molecule has 0 N–H and O–H groups in total. The van der Waals surface area contributed by atoms with Gasteiger partial charge in [0.1, 0.15) is 0 Å². The smallest absolute Gasteiger partial charge is 0.810 e. The van der Waals surface area contributed by atoms with Gasteiger partial charge >= 0.3 is 118 Å². The zero-order valence-electron chi connectivity index (χ0n) is 16.4. The fourth-order valence-corrected chi connectivity index (χ4v) is 3.85. The Morgan fingerprint density at radius 1 is 0.875 bits per heavy atom. The van der Waals surface area contributed by atoms with Crippen molar-refractivity contribution in [2.75, 3.05) is 19.1 Å². The molecule has 24 heavy (non-hydrogen) atoms. The fourth-order valence-electron chi connectivity index (χ4n) is 2.23. The first-order chi connectivity index (χ1) is 8.68. The van der Waals surface area contributed by atoms with E-state index in [2.05, 4.69) is 20.8 Å². The van der Waals surface area contributed by atoms with Crippen molar-refractivity contribution in [2.45, 2.75) is 40.5 Å². The minimum Gasteiger partial charge on any atom is -0.810 e. The normalized spacial score (nSPS) is 13.0. The van der Waals surface area contributed by atoms with E-state index in [0.717, 1.165) is 11.3 Å². The molecule has 0 radical (unpaired) electrons. The van der Waals surface area contributed by atoms with Gasteiger partial charge in [0.25, 0.3) is 0 Å². The molecule has 0 aliphatic rings. The van der Waals surface area contributed by atoms with Crippen LogP contribution in [0.5, 0.6) is 0 Å². The average molecular weight is 419 g/mol. The molecular formula is C11H23NNa4O6P2. The monoisotopic (exact) mass is 419 g/mol. The third-order valence-corrected chi connectivity index (χ3v) is 4.14. The second-order valence-corrected chi connectivity index (χ2v) is 9.57. The third kappa shape index (κ3) is 28.5. The molecule has 0 heterocycles. The molecule has 0 aromatic rings. The Labute approximate surface area is 234 Å². The van der Waals surface area contributed by atoms with Crippen LogP contribution >= 0.6 is 15.2 Å². The van der Waals surface area contributed by atoms with E-state index in [0.29, 0.717) is 6.42 Å². The molecule has 0 bridgehead atoms. The van der Waals surface area contributed by atoms with Crippen LogP contribution in [0.25, 0.3) is 0 Å². The Balaban J connectivity index is -0.000000301. The number of rotatable bonds is 8. The van der Waals surface area contributed by atoms with E-state index in [1.54, 1.807) is 0 Å². The first kappa shape index (κ1) is 38.8. The topological polar surface area (TPSA) is 130 Å². The molecule has 0 fully saturated rings. The zero-order chi connectivity index (χ0) is 16.2. The number of hydrogen-bond acceptors (Lipinski definition) is 7. The Hall–Kier alpha value is 4.26. The van der Waals surface area contributed by atoms with Crippen LogP contribution in [-0.4, -0.2) is 24.0 Å². The van der Waals surface area contributed by atoms with Gasteiger partial charge in [0, 0.05) is 12.6 Å². The summed E-state index contributed by atoms with van der Waals surface area (Å²) in [6.07, 6.45) is -0.454. The van der Waals surface area contributed by atoms with E-state index in [9.17, 15) is 28.7 Å². The molecule has 1 atom stereocenters. The summed E-state index contributed by atoms with van der Waals surface area (Å²) in [5, 5.41) is 0. The molecule has 122 valence electrons. The molecule has 0 saturated carbocycles. The molecule has 0 rings (SSSR count). The van der Waals surface area contributed by atoms with Gasteiger partial charge in [0.15, 0.2) is 0 Å². The van der Waals surface area contributed by atoms with E-state index in [4.69, 9.17) is 0 Å². The number of hydrogen-bond donors (Lipinski definition) is 0. The summed E-state index contributed by atoms with van der Waals surface area (Å²) < 4.78 is 21.5. The van der Waals surface area contributed by atoms with Gasteiger partial charge in [-0.05, 0) is 30.7 Å². The van der Waals surface area contributed by atoms with Gasteiger partial charge in [-0.1, -0.05) is 42.9 Å². The molecule has 13 heteroatoms. The van der Waals surface area contributed by atoms with Gasteiger partial charge < -0.3 is 28.7 Å². The van der Waals surface area contributed by atoms with Gasteiger partial charge in [-0.3, -0.25) is 4.90 Å². The van der Waals surface area contributed by atoms with Gasteiger partial charge in [-0.15, -0.1) is 0 Å². The predicted molar refractivity (Wildman–Crippen MR) is 69.5 cm³/mol. The zero-order valence-corrected chi connectivity index (χ0v) is 26.2. The van der Waals surface area contributed by atoms with Crippen LogP contribution in [0, 0.1) is 11.3 Å². The molecule has 0 amide bonds.